The van der Waals surface area contributed by atoms with Gasteiger partial charge in [0.15, 0.2) is 0 Å². The quantitative estimate of drug-likeness (QED) is 0.470. The molecule has 0 saturated carbocycles. The van der Waals surface area contributed by atoms with E-state index in [1.165, 1.54) is 24.3 Å². The third kappa shape index (κ3) is 3.64. The number of hydrogen-bond donors (Lipinski definition) is 2. The molecule has 0 atom stereocenters. The van der Waals surface area contributed by atoms with Crippen molar-refractivity contribution in [1.82, 2.24) is 9.97 Å². The molecule has 0 amide bonds. The first-order valence-corrected chi connectivity index (χ1v) is 10.2. The summed E-state index contributed by atoms with van der Waals surface area (Å²) in [6.07, 6.45) is 0. The van der Waals surface area contributed by atoms with Gasteiger partial charge in [-0.2, -0.15) is 0 Å². The summed E-state index contributed by atoms with van der Waals surface area (Å²) in [5.41, 5.74) is 2.65. The minimum Gasteiger partial charge on any atom is -0.338 e. The first-order valence-electron chi connectivity index (χ1n) is 7.95. The molecule has 0 radical (unpaired) electrons. The molecule has 0 aliphatic heterocycles. The zero-order chi connectivity index (χ0) is 19.0. The number of fused-ring (bicyclic) bond motifs is 1. The van der Waals surface area contributed by atoms with E-state index in [0.29, 0.717) is 27.1 Å². The summed E-state index contributed by atoms with van der Waals surface area (Å²) in [5.74, 6) is 0.564. The maximum atomic E-state index is 12.6. The van der Waals surface area contributed by atoms with Gasteiger partial charge in [-0.25, -0.2) is 13.4 Å². The van der Waals surface area contributed by atoms with Crippen molar-refractivity contribution >= 4 is 49.9 Å². The van der Waals surface area contributed by atoms with Gasteiger partial charge in [0.1, 0.15) is 5.82 Å². The van der Waals surface area contributed by atoms with Crippen molar-refractivity contribution in [1.29, 1.82) is 0 Å². The largest absolute Gasteiger partial charge is 0.338 e. The monoisotopic (exact) mass is 417 g/mol. The molecular formula is C19H13Cl2N3O2S. The summed E-state index contributed by atoms with van der Waals surface area (Å²) < 4.78 is 27.7. The number of hydrogen-bond acceptors (Lipinski definition) is 3. The standard InChI is InChI=1S/C19H13Cl2N3O2S/c20-12-5-8-14(9-6-12)27(25,26)24-13-7-10-16(21)15(11-13)19-22-17-3-1-2-4-18(17)23-19/h1-11,24H,(H,22,23). The van der Waals surface area contributed by atoms with E-state index < -0.39 is 10.0 Å². The predicted octanol–water partition coefficient (Wildman–Crippen LogP) is 5.34. The highest BCUT2D eigenvalue weighted by molar-refractivity contribution is 7.92. The highest BCUT2D eigenvalue weighted by Crippen LogP contribution is 2.31. The second kappa shape index (κ2) is 6.88. The third-order valence-corrected chi connectivity index (χ3v) is 5.97. The molecule has 5 nitrogen and oxygen atoms in total. The Morgan fingerprint density at radius 1 is 0.926 bits per heavy atom. The molecule has 0 bridgehead atoms. The second-order valence-corrected chi connectivity index (χ2v) is 8.38. The Bertz CT molecular complexity index is 1200. The molecule has 4 rings (SSSR count). The van der Waals surface area contributed by atoms with Gasteiger partial charge in [-0.15, -0.1) is 0 Å². The van der Waals surface area contributed by atoms with Crippen molar-refractivity contribution in [3.05, 3.63) is 76.8 Å². The summed E-state index contributed by atoms with van der Waals surface area (Å²) in [7, 11) is -3.75. The molecule has 4 aromatic rings. The van der Waals surface area contributed by atoms with E-state index in [2.05, 4.69) is 14.7 Å². The lowest BCUT2D eigenvalue weighted by atomic mass is 10.2. The van der Waals surface area contributed by atoms with Crippen LogP contribution in [0.2, 0.25) is 10.0 Å². The van der Waals surface area contributed by atoms with Crippen LogP contribution in [0, 0.1) is 0 Å². The van der Waals surface area contributed by atoms with Crippen molar-refractivity contribution in [3.63, 3.8) is 0 Å². The Kier molecular flexibility index (Phi) is 4.55. The van der Waals surface area contributed by atoms with Gasteiger partial charge in [0.2, 0.25) is 0 Å². The van der Waals surface area contributed by atoms with Crippen LogP contribution >= 0.6 is 23.2 Å². The number of imidazole rings is 1. The molecule has 0 spiro atoms. The summed E-state index contributed by atoms with van der Waals surface area (Å²) >= 11 is 12.1. The molecular weight excluding hydrogens is 405 g/mol. The van der Waals surface area contributed by atoms with E-state index >= 15 is 0 Å². The number of sulfonamides is 1. The summed E-state index contributed by atoms with van der Waals surface area (Å²) in [5, 5.41) is 0.927. The SMILES string of the molecule is O=S(=O)(Nc1ccc(Cl)c(-c2nc3ccccc3[nH]2)c1)c1ccc(Cl)cc1. The van der Waals surface area contributed by atoms with Crippen molar-refractivity contribution in [2.75, 3.05) is 4.72 Å². The summed E-state index contributed by atoms with van der Waals surface area (Å²) in [6, 6.07) is 18.4. The van der Waals surface area contributed by atoms with Gasteiger partial charge in [-0.1, -0.05) is 35.3 Å². The van der Waals surface area contributed by atoms with Crippen LogP contribution in [0.1, 0.15) is 0 Å². The van der Waals surface area contributed by atoms with E-state index in [-0.39, 0.29) is 4.90 Å². The molecule has 3 aromatic carbocycles. The number of aromatic nitrogens is 2. The van der Waals surface area contributed by atoms with Crippen molar-refractivity contribution in [2.45, 2.75) is 4.90 Å². The minimum atomic E-state index is -3.75. The number of rotatable bonds is 4. The molecule has 0 aliphatic rings. The number of halogens is 2. The third-order valence-electron chi connectivity index (χ3n) is 3.99. The highest BCUT2D eigenvalue weighted by Gasteiger charge is 2.16. The lowest BCUT2D eigenvalue weighted by Crippen LogP contribution is -2.12. The number of nitrogens with one attached hydrogen (secondary N) is 2. The van der Waals surface area contributed by atoms with Crippen LogP contribution in [0.4, 0.5) is 5.69 Å². The van der Waals surface area contributed by atoms with Crippen LogP contribution in [0.5, 0.6) is 0 Å². The van der Waals surface area contributed by atoms with Gasteiger partial charge >= 0.3 is 0 Å². The lowest BCUT2D eigenvalue weighted by Gasteiger charge is -2.10. The molecule has 1 aromatic heterocycles. The van der Waals surface area contributed by atoms with Gasteiger partial charge in [0.25, 0.3) is 10.0 Å². The van der Waals surface area contributed by atoms with Gasteiger partial charge < -0.3 is 4.98 Å². The zero-order valence-electron chi connectivity index (χ0n) is 13.8. The smallest absolute Gasteiger partial charge is 0.261 e. The van der Waals surface area contributed by atoms with Gasteiger partial charge in [-0.3, -0.25) is 4.72 Å². The molecule has 2 N–H and O–H groups in total. The van der Waals surface area contributed by atoms with Gasteiger partial charge in [0, 0.05) is 16.3 Å². The molecule has 1 heterocycles. The maximum absolute atomic E-state index is 12.6. The van der Waals surface area contributed by atoms with E-state index in [1.54, 1.807) is 18.2 Å². The number of benzene rings is 3. The van der Waals surface area contributed by atoms with Crippen molar-refractivity contribution < 1.29 is 8.42 Å². The first-order chi connectivity index (χ1) is 12.9. The van der Waals surface area contributed by atoms with Crippen LogP contribution in [-0.2, 0) is 10.0 Å². The van der Waals surface area contributed by atoms with Crippen molar-refractivity contribution in [3.8, 4) is 11.4 Å². The number of para-hydroxylation sites is 2. The van der Waals surface area contributed by atoms with E-state index in [1.807, 2.05) is 24.3 Å². The zero-order valence-corrected chi connectivity index (χ0v) is 16.1. The Morgan fingerprint density at radius 3 is 2.41 bits per heavy atom. The Labute approximate surface area is 166 Å². The van der Waals surface area contributed by atoms with E-state index in [9.17, 15) is 8.42 Å². The van der Waals surface area contributed by atoms with Crippen LogP contribution in [-0.4, -0.2) is 18.4 Å². The second-order valence-electron chi connectivity index (χ2n) is 5.86. The number of anilines is 1. The number of H-pyrrole nitrogens is 1. The molecule has 8 heteroatoms. The van der Waals surface area contributed by atoms with Crippen LogP contribution < -0.4 is 4.72 Å². The van der Waals surface area contributed by atoms with Gasteiger partial charge in [-0.05, 0) is 54.6 Å². The number of nitrogens with zero attached hydrogens (tertiary/aromatic N) is 1. The molecule has 0 unspecified atom stereocenters. The predicted molar refractivity (Wildman–Crippen MR) is 109 cm³/mol. The van der Waals surface area contributed by atoms with Crippen LogP contribution in [0.3, 0.4) is 0 Å². The fourth-order valence-corrected chi connectivity index (χ4v) is 4.06. The minimum absolute atomic E-state index is 0.118. The van der Waals surface area contributed by atoms with Crippen molar-refractivity contribution in [2.24, 2.45) is 0 Å². The molecule has 0 saturated heterocycles. The average Bonchev–Trinajstić information content (AvgIpc) is 3.07. The fraction of sp³-hybridized carbons (Fsp3) is 0. The normalized spacial score (nSPS) is 11.6. The lowest BCUT2D eigenvalue weighted by molar-refractivity contribution is 0.601. The fourth-order valence-electron chi connectivity index (χ4n) is 2.68. The van der Waals surface area contributed by atoms with E-state index in [0.717, 1.165) is 11.0 Å². The summed E-state index contributed by atoms with van der Waals surface area (Å²) in [6.45, 7) is 0. The highest BCUT2D eigenvalue weighted by atomic mass is 35.5. The molecule has 136 valence electrons. The molecule has 0 fully saturated rings. The number of aromatic amines is 1. The Balaban J connectivity index is 1.71. The first kappa shape index (κ1) is 17.9. The summed E-state index contributed by atoms with van der Waals surface area (Å²) in [4.78, 5) is 7.83. The average molecular weight is 418 g/mol. The Hall–Kier alpha value is -2.54. The maximum Gasteiger partial charge on any atom is 0.261 e. The van der Waals surface area contributed by atoms with Gasteiger partial charge in [0.05, 0.1) is 21.0 Å². The van der Waals surface area contributed by atoms with Crippen LogP contribution in [0.25, 0.3) is 22.4 Å². The topological polar surface area (TPSA) is 74.8 Å². The molecule has 27 heavy (non-hydrogen) atoms. The van der Waals surface area contributed by atoms with Crippen LogP contribution in [0.15, 0.2) is 71.6 Å². The van der Waals surface area contributed by atoms with E-state index in [4.69, 9.17) is 23.2 Å². The molecule has 0 aliphatic carbocycles. The Morgan fingerprint density at radius 2 is 1.67 bits per heavy atom.